The molecule has 3 aliphatic rings. The number of likely N-dealkylation sites (N-methyl/N-ethyl adjacent to an activating group) is 1. The second kappa shape index (κ2) is 16.0. The lowest BCUT2D eigenvalue weighted by Crippen LogP contribution is -2.48. The number of hydrogen-bond donors (Lipinski definition) is 2. The van der Waals surface area contributed by atoms with E-state index in [1.54, 1.807) is 0 Å². The van der Waals surface area contributed by atoms with E-state index >= 15 is 0 Å². The predicted octanol–water partition coefficient (Wildman–Crippen LogP) is 7.47. The summed E-state index contributed by atoms with van der Waals surface area (Å²) in [6.07, 6.45) is 7.49. The van der Waals surface area contributed by atoms with E-state index in [1.807, 2.05) is 45.3 Å². The molecular weight excluding hydrogens is 677 g/mol. The van der Waals surface area contributed by atoms with Gasteiger partial charge in [-0.2, -0.15) is 0 Å². The fourth-order valence-corrected chi connectivity index (χ4v) is 8.41. The van der Waals surface area contributed by atoms with E-state index in [-0.39, 0.29) is 30.1 Å². The molecule has 3 fully saturated rings. The Hall–Kier alpha value is -5.26. The first-order valence-electron chi connectivity index (χ1n) is 19.6. The molecule has 3 aliphatic heterocycles. The number of ether oxygens (including phenoxy) is 1. The number of carbonyl (C=O) groups excluding carboxylic acids is 2. The molecule has 0 saturated carbocycles. The van der Waals surface area contributed by atoms with Gasteiger partial charge in [-0.3, -0.25) is 9.69 Å². The van der Waals surface area contributed by atoms with Gasteiger partial charge in [0, 0.05) is 26.2 Å². The summed E-state index contributed by atoms with van der Waals surface area (Å²) in [7, 11) is 0. The van der Waals surface area contributed by atoms with Crippen molar-refractivity contribution in [2.75, 3.05) is 52.5 Å². The Bertz CT molecular complexity index is 2020. The van der Waals surface area contributed by atoms with E-state index in [1.165, 1.54) is 0 Å². The number of amides is 3. The Morgan fingerprint density at radius 1 is 0.704 bits per heavy atom. The molecule has 3 saturated heterocycles. The quantitative estimate of drug-likeness (QED) is 0.154. The zero-order valence-electron chi connectivity index (χ0n) is 31.3. The van der Waals surface area contributed by atoms with E-state index in [2.05, 4.69) is 89.4 Å². The van der Waals surface area contributed by atoms with Crippen molar-refractivity contribution < 1.29 is 14.3 Å². The Kier molecular flexibility index (Phi) is 10.6. The Morgan fingerprint density at radius 2 is 1.20 bits per heavy atom. The van der Waals surface area contributed by atoms with Crippen LogP contribution in [0.1, 0.15) is 74.9 Å². The summed E-state index contributed by atoms with van der Waals surface area (Å²) >= 11 is 0. The highest BCUT2D eigenvalue weighted by atomic mass is 16.5. The smallest absolute Gasteiger partial charge is 0.320 e. The van der Waals surface area contributed by atoms with Crippen LogP contribution in [0.25, 0.3) is 33.6 Å². The van der Waals surface area contributed by atoms with Gasteiger partial charge in [0.05, 0.1) is 49.1 Å². The van der Waals surface area contributed by atoms with Gasteiger partial charge in [0.2, 0.25) is 5.91 Å². The van der Waals surface area contributed by atoms with Gasteiger partial charge >= 0.3 is 6.03 Å². The first kappa shape index (κ1) is 35.8. The van der Waals surface area contributed by atoms with E-state index in [9.17, 15) is 9.59 Å². The number of hydrogen-bond acceptors (Lipinski definition) is 6. The molecule has 0 aliphatic carbocycles. The second-order valence-electron chi connectivity index (χ2n) is 14.5. The number of aromatic nitrogens is 4. The molecule has 2 aromatic heterocycles. The highest BCUT2D eigenvalue weighted by Gasteiger charge is 2.38. The van der Waals surface area contributed by atoms with Crippen LogP contribution in [0.5, 0.6) is 0 Å². The minimum Gasteiger partial charge on any atom is -0.378 e. The summed E-state index contributed by atoms with van der Waals surface area (Å²) in [4.78, 5) is 52.2. The van der Waals surface area contributed by atoms with Crippen LogP contribution in [0, 0.1) is 0 Å². The van der Waals surface area contributed by atoms with Gasteiger partial charge in [-0.15, -0.1) is 0 Å². The molecule has 280 valence electrons. The summed E-state index contributed by atoms with van der Waals surface area (Å²) in [6, 6.07) is 26.8. The predicted molar refractivity (Wildman–Crippen MR) is 209 cm³/mol. The Morgan fingerprint density at radius 3 is 1.74 bits per heavy atom. The minimum atomic E-state index is -0.310. The maximum Gasteiger partial charge on any atom is 0.320 e. The Balaban J connectivity index is 0.929. The lowest BCUT2D eigenvalue weighted by molar-refractivity contribution is -0.138. The average Bonchev–Trinajstić information content (AvgIpc) is 4.07. The van der Waals surface area contributed by atoms with Crippen molar-refractivity contribution in [3.05, 3.63) is 108 Å². The minimum absolute atomic E-state index is 0.0398. The van der Waals surface area contributed by atoms with Gasteiger partial charge in [-0.25, -0.2) is 14.8 Å². The van der Waals surface area contributed by atoms with Gasteiger partial charge in [0.15, 0.2) is 0 Å². The van der Waals surface area contributed by atoms with Crippen LogP contribution in [-0.4, -0.2) is 104 Å². The fourth-order valence-electron chi connectivity index (χ4n) is 8.41. The van der Waals surface area contributed by atoms with Crippen LogP contribution in [0.4, 0.5) is 4.79 Å². The van der Waals surface area contributed by atoms with Crippen molar-refractivity contribution >= 4 is 11.9 Å². The number of aromatic amines is 2. The van der Waals surface area contributed by atoms with Gasteiger partial charge in [0.25, 0.3) is 0 Å². The number of morpholine rings is 1. The van der Waals surface area contributed by atoms with Crippen LogP contribution < -0.4 is 0 Å². The van der Waals surface area contributed by atoms with Crippen molar-refractivity contribution in [2.45, 2.75) is 57.7 Å². The number of likely N-dealkylation sites (tertiary alicyclic amines) is 2. The third-order valence-electron chi connectivity index (χ3n) is 11.4. The number of nitrogens with zero attached hydrogens (tertiary/aromatic N) is 6. The highest BCUT2D eigenvalue weighted by Crippen LogP contribution is 2.36. The molecule has 0 radical (unpaired) electrons. The lowest BCUT2D eigenvalue weighted by Gasteiger charge is -2.34. The normalized spacial score (nSPS) is 19.5. The summed E-state index contributed by atoms with van der Waals surface area (Å²) in [6.45, 7) is 9.79. The number of benzene rings is 3. The van der Waals surface area contributed by atoms with E-state index in [0.29, 0.717) is 26.3 Å². The monoisotopic (exact) mass is 726 g/mol. The maximum absolute atomic E-state index is 14.2. The number of rotatable bonds is 10. The second-order valence-corrected chi connectivity index (χ2v) is 14.5. The van der Waals surface area contributed by atoms with Gasteiger partial charge < -0.3 is 29.4 Å². The van der Waals surface area contributed by atoms with E-state index < -0.39 is 0 Å². The van der Waals surface area contributed by atoms with Gasteiger partial charge in [-0.1, -0.05) is 92.7 Å². The third kappa shape index (κ3) is 7.18. The molecular formula is C43H50N8O3. The SMILES string of the molecule is CCN(CC)C(C(=O)N1CCC[C@H]1c1ncc(-c2ccc(-c3ccc(-c4cnc([C@@H]5CCCN5C(=O)N5CCOCC5)[nH]4)cc3)cc2)[nH]1)c1ccccc1. The zero-order chi connectivity index (χ0) is 37.0. The highest BCUT2D eigenvalue weighted by molar-refractivity contribution is 5.84. The van der Waals surface area contributed by atoms with Crippen LogP contribution in [0.3, 0.4) is 0 Å². The molecule has 0 spiro atoms. The first-order valence-corrected chi connectivity index (χ1v) is 19.6. The lowest BCUT2D eigenvalue weighted by atomic mass is 10.0. The standard InChI is InChI=1S/C43H50N8O3/c1-3-48(4-2)39(34-10-6-5-7-11-34)42(52)50-22-8-12-37(50)40-44-28-35(46-40)32-18-14-30(15-19-32)31-16-20-33(21-17-31)36-29-45-41(47-36)38-13-9-23-51(38)43(53)49-24-26-54-27-25-49/h5-7,10-11,14-21,28-29,37-39H,3-4,8-9,12-13,22-27H2,1-2H3,(H,44,46)(H,45,47)/t37-,38-,39?/m0/s1. The molecule has 1 unspecified atom stereocenters. The number of H-pyrrole nitrogens is 2. The average molecular weight is 727 g/mol. The van der Waals surface area contributed by atoms with Crippen molar-refractivity contribution in [1.29, 1.82) is 0 Å². The summed E-state index contributed by atoms with van der Waals surface area (Å²) < 4.78 is 5.44. The molecule has 54 heavy (non-hydrogen) atoms. The molecule has 3 amide bonds. The number of nitrogens with one attached hydrogen (secondary N) is 2. The molecule has 3 atom stereocenters. The van der Waals surface area contributed by atoms with Crippen molar-refractivity contribution in [3.63, 3.8) is 0 Å². The van der Waals surface area contributed by atoms with E-state index in [4.69, 9.17) is 14.7 Å². The van der Waals surface area contributed by atoms with Crippen molar-refractivity contribution in [1.82, 2.24) is 39.5 Å². The van der Waals surface area contributed by atoms with Gasteiger partial charge in [-0.05, 0) is 66.6 Å². The largest absolute Gasteiger partial charge is 0.378 e. The molecule has 11 heteroatoms. The van der Waals surface area contributed by atoms with Crippen molar-refractivity contribution in [3.8, 4) is 33.6 Å². The molecule has 0 bridgehead atoms. The maximum atomic E-state index is 14.2. The summed E-state index contributed by atoms with van der Waals surface area (Å²) in [5.74, 6) is 1.83. The molecule has 5 aromatic rings. The van der Waals surface area contributed by atoms with Crippen LogP contribution in [0.15, 0.2) is 91.3 Å². The molecule has 3 aromatic carbocycles. The van der Waals surface area contributed by atoms with Crippen molar-refractivity contribution in [2.24, 2.45) is 0 Å². The van der Waals surface area contributed by atoms with Crippen LogP contribution in [0.2, 0.25) is 0 Å². The van der Waals surface area contributed by atoms with E-state index in [0.717, 1.165) is 103 Å². The van der Waals surface area contributed by atoms with Crippen LogP contribution in [-0.2, 0) is 9.53 Å². The van der Waals surface area contributed by atoms with Gasteiger partial charge in [0.1, 0.15) is 17.7 Å². The zero-order valence-corrected chi connectivity index (χ0v) is 31.3. The third-order valence-corrected chi connectivity index (χ3v) is 11.4. The van der Waals surface area contributed by atoms with Crippen LogP contribution >= 0.6 is 0 Å². The molecule has 8 rings (SSSR count). The summed E-state index contributed by atoms with van der Waals surface area (Å²) in [5.41, 5.74) is 7.26. The number of urea groups is 1. The summed E-state index contributed by atoms with van der Waals surface area (Å²) in [5, 5.41) is 0. The molecule has 5 heterocycles. The molecule has 11 nitrogen and oxygen atoms in total. The Labute approximate surface area is 317 Å². The molecule has 2 N–H and O–H groups in total. The number of imidazole rings is 2. The topological polar surface area (TPSA) is 114 Å². The first-order chi connectivity index (χ1) is 26.5. The number of carbonyl (C=O) groups is 2. The fraction of sp³-hybridized carbons (Fsp3) is 0.395.